The number of aryl methyl sites for hydroxylation is 1. The Morgan fingerprint density at radius 2 is 1.80 bits per heavy atom. The zero-order chi connectivity index (χ0) is 21.1. The Labute approximate surface area is 171 Å². The number of urea groups is 1. The van der Waals surface area contributed by atoms with Crippen molar-refractivity contribution < 1.29 is 19.7 Å². The Morgan fingerprint density at radius 1 is 1.03 bits per heavy atom. The number of hydrogen-bond donors (Lipinski definition) is 4. The molecular weight excluding hydrogens is 386 g/mol. The summed E-state index contributed by atoms with van der Waals surface area (Å²) in [5.74, 6) is 0.855. The number of aliphatic hydroxyl groups excluding tert-OH is 1. The highest BCUT2D eigenvalue weighted by molar-refractivity contribution is 6.01. The fourth-order valence-electron chi connectivity index (χ4n) is 2.94. The van der Waals surface area contributed by atoms with Gasteiger partial charge in [-0.15, -0.1) is 0 Å². The normalized spacial score (nSPS) is 10.9. The molecule has 4 N–H and O–H groups in total. The molecule has 0 atom stereocenters. The van der Waals surface area contributed by atoms with E-state index >= 15 is 0 Å². The summed E-state index contributed by atoms with van der Waals surface area (Å²) in [7, 11) is 1.86. The van der Waals surface area contributed by atoms with Gasteiger partial charge < -0.3 is 25.6 Å². The number of pyridine rings is 1. The maximum Gasteiger partial charge on any atom is 0.323 e. The number of carbonyl (C=O) groups excluding carboxylic acids is 1. The highest BCUT2D eigenvalue weighted by Gasteiger charge is 2.08. The van der Waals surface area contributed by atoms with E-state index in [-0.39, 0.29) is 5.69 Å². The number of ether oxygens (including phenoxy) is 1. The van der Waals surface area contributed by atoms with Crippen LogP contribution in [0.15, 0.2) is 67.0 Å². The Bertz CT molecular complexity index is 1200. The van der Waals surface area contributed by atoms with Crippen molar-refractivity contribution in [3.63, 3.8) is 0 Å². The molecule has 30 heavy (non-hydrogen) atoms. The lowest BCUT2D eigenvalue weighted by molar-refractivity contribution is -0.0459. The Morgan fingerprint density at radius 3 is 2.60 bits per heavy atom. The molecular formula is C21H19N5O4. The highest BCUT2D eigenvalue weighted by Crippen LogP contribution is 2.25. The van der Waals surface area contributed by atoms with E-state index in [0.717, 1.165) is 10.9 Å². The third-order valence-corrected chi connectivity index (χ3v) is 4.35. The molecule has 152 valence electrons. The molecule has 2 amide bonds. The van der Waals surface area contributed by atoms with Gasteiger partial charge in [0, 0.05) is 42.1 Å². The zero-order valence-electron chi connectivity index (χ0n) is 16.0. The summed E-state index contributed by atoms with van der Waals surface area (Å²) >= 11 is 0. The molecule has 0 aliphatic heterocycles. The van der Waals surface area contributed by atoms with Crippen molar-refractivity contribution >= 4 is 28.3 Å². The molecule has 0 radical (unpaired) electrons. The van der Waals surface area contributed by atoms with Gasteiger partial charge >= 0.3 is 6.03 Å². The number of aromatic nitrogens is 3. The third-order valence-electron chi connectivity index (χ3n) is 4.35. The number of amides is 2. The van der Waals surface area contributed by atoms with Gasteiger partial charge in [-0.1, -0.05) is 6.07 Å². The molecule has 2 heterocycles. The summed E-state index contributed by atoms with van der Waals surface area (Å²) in [6.07, 6.45) is 1.47. The first-order valence-corrected chi connectivity index (χ1v) is 9.08. The molecule has 0 saturated heterocycles. The lowest BCUT2D eigenvalue weighted by Crippen LogP contribution is -2.19. The van der Waals surface area contributed by atoms with E-state index in [4.69, 9.17) is 4.74 Å². The summed E-state index contributed by atoms with van der Waals surface area (Å²) in [6.45, 7) is 0. The maximum atomic E-state index is 12.4. The van der Waals surface area contributed by atoms with Crippen LogP contribution in [-0.4, -0.2) is 31.0 Å². The fraction of sp³-hybridized carbons (Fsp3) is 0.0952. The van der Waals surface area contributed by atoms with Crippen LogP contribution in [0.25, 0.3) is 10.9 Å². The van der Waals surface area contributed by atoms with Crippen LogP contribution in [0, 0.1) is 0 Å². The van der Waals surface area contributed by atoms with Crippen LogP contribution >= 0.6 is 0 Å². The number of hydrogen-bond acceptors (Lipinski definition) is 6. The van der Waals surface area contributed by atoms with E-state index in [1.165, 1.54) is 12.3 Å². The molecule has 0 bridgehead atoms. The average molecular weight is 405 g/mol. The van der Waals surface area contributed by atoms with Crippen molar-refractivity contribution in [3.05, 3.63) is 72.7 Å². The minimum atomic E-state index is -1.68. The van der Waals surface area contributed by atoms with Crippen LogP contribution in [0.1, 0.15) is 12.0 Å². The zero-order valence-corrected chi connectivity index (χ0v) is 16.0. The van der Waals surface area contributed by atoms with Crippen molar-refractivity contribution in [1.29, 1.82) is 0 Å². The van der Waals surface area contributed by atoms with E-state index in [0.29, 0.717) is 22.9 Å². The predicted molar refractivity (Wildman–Crippen MR) is 111 cm³/mol. The molecule has 2 aromatic carbocycles. The number of benzene rings is 2. The second-order valence-electron chi connectivity index (χ2n) is 6.54. The Balaban J connectivity index is 1.43. The maximum absolute atomic E-state index is 12.4. The van der Waals surface area contributed by atoms with Gasteiger partial charge in [0.1, 0.15) is 11.5 Å². The van der Waals surface area contributed by atoms with Crippen LogP contribution < -0.4 is 15.4 Å². The number of carbonyl (C=O) groups is 1. The molecule has 4 rings (SSSR count). The first kappa shape index (κ1) is 19.4. The van der Waals surface area contributed by atoms with Gasteiger partial charge in [0.25, 0.3) is 0 Å². The van der Waals surface area contributed by atoms with E-state index in [1.54, 1.807) is 47.3 Å². The Hall–Kier alpha value is -3.95. The first-order chi connectivity index (χ1) is 14.5. The minimum Gasteiger partial charge on any atom is -0.457 e. The number of fused-ring (bicyclic) bond motifs is 1. The summed E-state index contributed by atoms with van der Waals surface area (Å²) in [6, 6.07) is 15.0. The van der Waals surface area contributed by atoms with Gasteiger partial charge in [0.2, 0.25) is 0 Å². The lowest BCUT2D eigenvalue weighted by Gasteiger charge is -2.11. The lowest BCUT2D eigenvalue weighted by atomic mass is 10.2. The average Bonchev–Trinajstić information content (AvgIpc) is 3.08. The van der Waals surface area contributed by atoms with E-state index in [1.807, 2.05) is 19.2 Å². The van der Waals surface area contributed by atoms with Gasteiger partial charge in [-0.3, -0.25) is 9.67 Å². The first-order valence-electron chi connectivity index (χ1n) is 9.08. The van der Waals surface area contributed by atoms with Crippen molar-refractivity contribution in [2.75, 3.05) is 10.6 Å². The summed E-state index contributed by atoms with van der Waals surface area (Å²) in [4.78, 5) is 16.2. The summed E-state index contributed by atoms with van der Waals surface area (Å²) in [5.41, 5.74) is 2.22. The van der Waals surface area contributed by atoms with Gasteiger partial charge in [-0.2, -0.15) is 5.10 Å². The predicted octanol–water partition coefficient (Wildman–Crippen LogP) is 3.39. The molecule has 0 fully saturated rings. The molecule has 0 aliphatic carbocycles. The third kappa shape index (κ3) is 4.37. The fourth-order valence-corrected chi connectivity index (χ4v) is 2.94. The smallest absolute Gasteiger partial charge is 0.323 e. The molecule has 0 unspecified atom stereocenters. The molecule has 9 nitrogen and oxygen atoms in total. The molecule has 0 aliphatic rings. The second kappa shape index (κ2) is 8.19. The van der Waals surface area contributed by atoms with Crippen molar-refractivity contribution in [2.24, 2.45) is 7.05 Å². The number of nitrogens with one attached hydrogen (secondary N) is 2. The summed E-state index contributed by atoms with van der Waals surface area (Å²) in [5, 5.41) is 29.1. The van der Waals surface area contributed by atoms with E-state index in [9.17, 15) is 15.0 Å². The summed E-state index contributed by atoms with van der Waals surface area (Å²) < 4.78 is 7.48. The second-order valence-corrected chi connectivity index (χ2v) is 6.54. The topological polar surface area (TPSA) is 122 Å². The number of aliphatic hydroxyl groups is 2. The van der Waals surface area contributed by atoms with Gasteiger partial charge in [0.15, 0.2) is 6.29 Å². The molecule has 0 saturated carbocycles. The van der Waals surface area contributed by atoms with Crippen molar-refractivity contribution in [2.45, 2.75) is 6.29 Å². The molecule has 2 aromatic heterocycles. The quantitative estimate of drug-likeness (QED) is 0.378. The number of anilines is 2. The van der Waals surface area contributed by atoms with Crippen LogP contribution in [0.2, 0.25) is 0 Å². The Kier molecular flexibility index (Phi) is 5.29. The highest BCUT2D eigenvalue weighted by atomic mass is 16.5. The van der Waals surface area contributed by atoms with Crippen molar-refractivity contribution in [3.8, 4) is 11.5 Å². The number of nitrogens with zero attached hydrogens (tertiary/aromatic N) is 3. The van der Waals surface area contributed by atoms with Crippen LogP contribution in [0.3, 0.4) is 0 Å². The molecule has 9 heteroatoms. The minimum absolute atomic E-state index is 0.0757. The molecule has 4 aromatic rings. The van der Waals surface area contributed by atoms with Gasteiger partial charge in [0.05, 0.1) is 17.4 Å². The standard InChI is InChI=1S/C21H19N5O4/c1-26-19-6-5-15(9-13(19)12-23-26)25-21(29)24-14-3-2-4-16(10-14)30-17-7-8-22-18(11-17)20(27)28/h2-12,20,27-28H,1H3,(H2,24,25,29). The van der Waals surface area contributed by atoms with E-state index < -0.39 is 12.3 Å². The van der Waals surface area contributed by atoms with Crippen LogP contribution in [0.4, 0.5) is 16.2 Å². The molecule has 0 spiro atoms. The number of rotatable bonds is 5. The van der Waals surface area contributed by atoms with Gasteiger partial charge in [-0.25, -0.2) is 4.79 Å². The van der Waals surface area contributed by atoms with Gasteiger partial charge in [-0.05, 0) is 36.4 Å². The van der Waals surface area contributed by atoms with Crippen LogP contribution in [0.5, 0.6) is 11.5 Å². The van der Waals surface area contributed by atoms with E-state index in [2.05, 4.69) is 20.7 Å². The largest absolute Gasteiger partial charge is 0.457 e. The van der Waals surface area contributed by atoms with Crippen LogP contribution in [-0.2, 0) is 7.05 Å². The monoisotopic (exact) mass is 405 g/mol. The SMILES string of the molecule is Cn1ncc2cc(NC(=O)Nc3cccc(Oc4ccnc(C(O)O)c4)c3)ccc21. The van der Waals surface area contributed by atoms with Crippen molar-refractivity contribution in [1.82, 2.24) is 14.8 Å².